The quantitative estimate of drug-likeness (QED) is 0.848. The second-order valence-corrected chi connectivity index (χ2v) is 5.35. The summed E-state index contributed by atoms with van der Waals surface area (Å²) >= 11 is 0. The van der Waals surface area contributed by atoms with Gasteiger partial charge in [-0.2, -0.15) is 0 Å². The zero-order chi connectivity index (χ0) is 12.3. The predicted octanol–water partition coefficient (Wildman–Crippen LogP) is 3.31. The van der Waals surface area contributed by atoms with Crippen molar-refractivity contribution in [3.05, 3.63) is 34.9 Å². The third-order valence-electron chi connectivity index (χ3n) is 2.63. The van der Waals surface area contributed by atoms with Crippen molar-refractivity contribution in [2.75, 3.05) is 0 Å². The van der Waals surface area contributed by atoms with Crippen molar-refractivity contribution in [3.8, 4) is 0 Å². The second-order valence-electron chi connectivity index (χ2n) is 5.35. The highest BCUT2D eigenvalue weighted by molar-refractivity contribution is 5.67. The molecule has 0 aliphatic carbocycles. The van der Waals surface area contributed by atoms with E-state index < -0.39 is 5.97 Å². The Hall–Kier alpha value is -1.31. The summed E-state index contributed by atoms with van der Waals surface area (Å²) in [5, 5.41) is 8.67. The lowest BCUT2D eigenvalue weighted by molar-refractivity contribution is -0.136. The Balaban J connectivity index is 2.94. The van der Waals surface area contributed by atoms with Gasteiger partial charge in [0.2, 0.25) is 0 Å². The third-order valence-corrected chi connectivity index (χ3v) is 2.63. The van der Waals surface area contributed by atoms with Crippen LogP contribution in [0.4, 0.5) is 0 Å². The van der Waals surface area contributed by atoms with E-state index in [0.717, 1.165) is 5.56 Å². The molecule has 1 aromatic carbocycles. The minimum absolute atomic E-state index is 0.115. The van der Waals surface area contributed by atoms with Gasteiger partial charge in [0.25, 0.3) is 0 Å². The lowest BCUT2D eigenvalue weighted by Crippen LogP contribution is -2.12. The molecule has 0 unspecified atom stereocenters. The highest BCUT2D eigenvalue weighted by Gasteiger charge is 2.14. The zero-order valence-electron chi connectivity index (χ0n) is 10.5. The largest absolute Gasteiger partial charge is 0.481 e. The maximum Gasteiger partial charge on any atom is 0.303 e. The zero-order valence-corrected chi connectivity index (χ0v) is 10.5. The van der Waals surface area contributed by atoms with Crippen LogP contribution in [0.1, 0.15) is 43.9 Å². The molecule has 0 saturated carbocycles. The van der Waals surface area contributed by atoms with Gasteiger partial charge in [-0.3, -0.25) is 4.79 Å². The van der Waals surface area contributed by atoms with E-state index in [4.69, 9.17) is 5.11 Å². The molecule has 0 bridgehead atoms. The van der Waals surface area contributed by atoms with E-state index in [2.05, 4.69) is 45.9 Å². The molecular formula is C14H20O2. The average Bonchev–Trinajstić information content (AvgIpc) is 2.12. The fourth-order valence-corrected chi connectivity index (χ4v) is 1.69. The number of hydrogen-bond donors (Lipinski definition) is 1. The van der Waals surface area contributed by atoms with Gasteiger partial charge in [0.1, 0.15) is 0 Å². The molecular weight excluding hydrogens is 200 g/mol. The SMILES string of the molecule is Cc1cc(CCC(=O)O)cc(C(C)(C)C)c1. The lowest BCUT2D eigenvalue weighted by Gasteiger charge is -2.20. The van der Waals surface area contributed by atoms with E-state index in [0.29, 0.717) is 6.42 Å². The van der Waals surface area contributed by atoms with Crippen molar-refractivity contribution >= 4 is 5.97 Å². The molecule has 0 aromatic heterocycles. The highest BCUT2D eigenvalue weighted by Crippen LogP contribution is 2.24. The van der Waals surface area contributed by atoms with Crippen molar-refractivity contribution in [3.63, 3.8) is 0 Å². The number of hydrogen-bond acceptors (Lipinski definition) is 1. The normalized spacial score (nSPS) is 11.5. The van der Waals surface area contributed by atoms with Gasteiger partial charge in [-0.1, -0.05) is 44.5 Å². The van der Waals surface area contributed by atoms with E-state index in [9.17, 15) is 4.79 Å². The van der Waals surface area contributed by atoms with Crippen LogP contribution in [0.15, 0.2) is 18.2 Å². The summed E-state index contributed by atoms with van der Waals surface area (Å²) in [6.45, 7) is 8.56. The molecule has 88 valence electrons. The van der Waals surface area contributed by atoms with E-state index in [-0.39, 0.29) is 11.8 Å². The first kappa shape index (κ1) is 12.8. The van der Waals surface area contributed by atoms with Gasteiger partial charge in [0.15, 0.2) is 0 Å². The van der Waals surface area contributed by atoms with Gasteiger partial charge in [0, 0.05) is 6.42 Å². The minimum atomic E-state index is -0.737. The molecule has 2 nitrogen and oxygen atoms in total. The van der Waals surface area contributed by atoms with Crippen molar-refractivity contribution in [2.24, 2.45) is 0 Å². The van der Waals surface area contributed by atoms with Gasteiger partial charge >= 0.3 is 5.97 Å². The van der Waals surface area contributed by atoms with Crippen LogP contribution in [-0.2, 0) is 16.6 Å². The topological polar surface area (TPSA) is 37.3 Å². The van der Waals surface area contributed by atoms with Crippen molar-refractivity contribution in [2.45, 2.75) is 46.0 Å². The Morgan fingerprint density at radius 3 is 2.38 bits per heavy atom. The summed E-state index contributed by atoms with van der Waals surface area (Å²) in [5.74, 6) is -0.737. The Morgan fingerprint density at radius 2 is 1.88 bits per heavy atom. The molecule has 1 rings (SSSR count). The number of rotatable bonds is 3. The van der Waals surface area contributed by atoms with Gasteiger partial charge in [-0.25, -0.2) is 0 Å². The Morgan fingerprint density at radius 1 is 1.25 bits per heavy atom. The summed E-state index contributed by atoms with van der Waals surface area (Å²) in [6.07, 6.45) is 0.813. The fraction of sp³-hybridized carbons (Fsp3) is 0.500. The molecule has 1 aromatic rings. The first-order valence-corrected chi connectivity index (χ1v) is 5.62. The molecule has 0 aliphatic rings. The fourth-order valence-electron chi connectivity index (χ4n) is 1.69. The molecule has 0 heterocycles. The van der Waals surface area contributed by atoms with Crippen molar-refractivity contribution in [1.82, 2.24) is 0 Å². The number of benzene rings is 1. The molecule has 0 spiro atoms. The van der Waals surface area contributed by atoms with Crippen LogP contribution < -0.4 is 0 Å². The first-order valence-electron chi connectivity index (χ1n) is 5.62. The molecule has 16 heavy (non-hydrogen) atoms. The third kappa shape index (κ3) is 3.69. The van der Waals surface area contributed by atoms with E-state index in [1.54, 1.807) is 0 Å². The number of aryl methyl sites for hydroxylation is 2. The number of carbonyl (C=O) groups is 1. The van der Waals surface area contributed by atoms with Gasteiger partial charge in [-0.15, -0.1) is 0 Å². The Labute approximate surface area is 97.3 Å². The molecule has 0 radical (unpaired) electrons. The molecule has 0 aliphatic heterocycles. The van der Waals surface area contributed by atoms with Crippen LogP contribution in [-0.4, -0.2) is 11.1 Å². The number of carboxylic acid groups (broad SMARTS) is 1. The molecule has 0 atom stereocenters. The molecule has 2 heteroatoms. The molecule has 0 amide bonds. The van der Waals surface area contributed by atoms with Crippen molar-refractivity contribution < 1.29 is 9.90 Å². The van der Waals surface area contributed by atoms with E-state index >= 15 is 0 Å². The smallest absolute Gasteiger partial charge is 0.303 e. The molecule has 0 saturated heterocycles. The predicted molar refractivity (Wildman–Crippen MR) is 65.8 cm³/mol. The maximum atomic E-state index is 10.5. The summed E-state index contributed by atoms with van der Waals surface area (Å²) in [6, 6.07) is 6.36. The minimum Gasteiger partial charge on any atom is -0.481 e. The Bertz CT molecular complexity index is 386. The monoisotopic (exact) mass is 220 g/mol. The summed E-state index contributed by atoms with van der Waals surface area (Å²) in [7, 11) is 0. The standard InChI is InChI=1S/C14H20O2/c1-10-7-11(5-6-13(15)16)9-12(8-10)14(2,3)4/h7-9H,5-6H2,1-4H3,(H,15,16). The number of carboxylic acids is 1. The molecule has 0 fully saturated rings. The summed E-state index contributed by atoms with van der Waals surface area (Å²) < 4.78 is 0. The van der Waals surface area contributed by atoms with Crippen LogP contribution in [0.2, 0.25) is 0 Å². The lowest BCUT2D eigenvalue weighted by atomic mass is 9.85. The van der Waals surface area contributed by atoms with Crippen LogP contribution >= 0.6 is 0 Å². The Kier molecular flexibility index (Phi) is 3.74. The van der Waals surface area contributed by atoms with Crippen molar-refractivity contribution in [1.29, 1.82) is 0 Å². The van der Waals surface area contributed by atoms with Gasteiger partial charge in [-0.05, 0) is 29.9 Å². The molecule has 1 N–H and O–H groups in total. The van der Waals surface area contributed by atoms with Crippen LogP contribution in [0.5, 0.6) is 0 Å². The van der Waals surface area contributed by atoms with Crippen LogP contribution in [0.3, 0.4) is 0 Å². The maximum absolute atomic E-state index is 10.5. The number of aliphatic carboxylic acids is 1. The van der Waals surface area contributed by atoms with Gasteiger partial charge in [0.05, 0.1) is 0 Å². The first-order chi connectivity index (χ1) is 7.29. The van der Waals surface area contributed by atoms with Gasteiger partial charge < -0.3 is 5.11 Å². The second kappa shape index (κ2) is 4.69. The summed E-state index contributed by atoms with van der Waals surface area (Å²) in [4.78, 5) is 10.5. The van der Waals surface area contributed by atoms with Crippen LogP contribution in [0, 0.1) is 6.92 Å². The van der Waals surface area contributed by atoms with E-state index in [1.807, 2.05) is 0 Å². The summed E-state index contributed by atoms with van der Waals surface area (Å²) in [5.41, 5.74) is 3.71. The van der Waals surface area contributed by atoms with Crippen LogP contribution in [0.25, 0.3) is 0 Å². The van der Waals surface area contributed by atoms with E-state index in [1.165, 1.54) is 11.1 Å². The highest BCUT2D eigenvalue weighted by atomic mass is 16.4. The average molecular weight is 220 g/mol.